The van der Waals surface area contributed by atoms with Crippen LogP contribution in [0.1, 0.15) is 15.9 Å². The van der Waals surface area contributed by atoms with Crippen molar-refractivity contribution in [3.63, 3.8) is 0 Å². The fourth-order valence-electron chi connectivity index (χ4n) is 2.59. The number of nitro benzene ring substituents is 1. The Kier molecular flexibility index (Phi) is 5.60. The van der Waals surface area contributed by atoms with E-state index in [-0.39, 0.29) is 21.8 Å². The quantitative estimate of drug-likeness (QED) is 0.470. The average Bonchev–Trinajstić information content (AvgIpc) is 2.69. The smallest absolute Gasteiger partial charge is 0.274 e. The van der Waals surface area contributed by atoms with Crippen molar-refractivity contribution >= 4 is 33.0 Å². The number of hydrogen-bond donors (Lipinski definition) is 2. The van der Waals surface area contributed by atoms with Gasteiger partial charge < -0.3 is 5.32 Å². The van der Waals surface area contributed by atoms with Crippen LogP contribution in [0.3, 0.4) is 0 Å². The maximum Gasteiger partial charge on any atom is 0.274 e. The number of benzene rings is 3. The number of para-hydroxylation sites is 1. The second-order valence-corrected chi connectivity index (χ2v) is 7.89. The zero-order chi connectivity index (χ0) is 21.0. The molecule has 3 aromatic carbocycles. The van der Waals surface area contributed by atoms with Crippen molar-refractivity contribution in [3.8, 4) is 0 Å². The molecule has 0 spiro atoms. The highest BCUT2D eigenvalue weighted by molar-refractivity contribution is 7.92. The largest absolute Gasteiger partial charge is 0.322 e. The molecule has 3 aromatic rings. The molecule has 0 unspecified atom stereocenters. The SMILES string of the molecule is Cc1ccc(NC(=O)c2ccc(S(=O)(=O)Nc3ccccc3)cc2)cc1[N+](=O)[O-]. The number of sulfonamides is 1. The van der Waals surface area contributed by atoms with Crippen LogP contribution in [0.25, 0.3) is 0 Å². The minimum Gasteiger partial charge on any atom is -0.322 e. The van der Waals surface area contributed by atoms with Gasteiger partial charge in [0.05, 0.1) is 9.82 Å². The molecule has 0 aliphatic heterocycles. The van der Waals surface area contributed by atoms with E-state index in [2.05, 4.69) is 10.0 Å². The molecule has 0 aliphatic carbocycles. The molecule has 0 aliphatic rings. The first-order valence-corrected chi connectivity index (χ1v) is 9.99. The number of carbonyl (C=O) groups excluding carboxylic acids is 1. The summed E-state index contributed by atoms with van der Waals surface area (Å²) >= 11 is 0. The molecule has 0 atom stereocenters. The van der Waals surface area contributed by atoms with Crippen molar-refractivity contribution in [2.24, 2.45) is 0 Å². The van der Waals surface area contributed by atoms with Gasteiger partial charge in [0.1, 0.15) is 0 Å². The van der Waals surface area contributed by atoms with Crippen molar-refractivity contribution in [2.75, 3.05) is 10.0 Å². The minimum atomic E-state index is -3.79. The Labute approximate surface area is 167 Å². The summed E-state index contributed by atoms with van der Waals surface area (Å²) in [7, 11) is -3.79. The van der Waals surface area contributed by atoms with Gasteiger partial charge in [-0.3, -0.25) is 19.6 Å². The lowest BCUT2D eigenvalue weighted by Crippen LogP contribution is -2.15. The Morgan fingerprint density at radius 1 is 0.931 bits per heavy atom. The van der Waals surface area contributed by atoms with Crippen LogP contribution in [0, 0.1) is 17.0 Å². The second-order valence-electron chi connectivity index (χ2n) is 6.21. The average molecular weight is 411 g/mol. The fraction of sp³-hybridized carbons (Fsp3) is 0.0500. The van der Waals surface area contributed by atoms with Crippen LogP contribution < -0.4 is 10.0 Å². The number of nitrogens with zero attached hydrogens (tertiary/aromatic N) is 1. The first-order chi connectivity index (χ1) is 13.8. The first kappa shape index (κ1) is 20.0. The predicted molar refractivity (Wildman–Crippen MR) is 109 cm³/mol. The Hall–Kier alpha value is -3.72. The zero-order valence-electron chi connectivity index (χ0n) is 15.3. The van der Waals surface area contributed by atoms with Crippen LogP contribution in [0.15, 0.2) is 77.7 Å². The molecule has 0 aromatic heterocycles. The summed E-state index contributed by atoms with van der Waals surface area (Å²) < 4.78 is 27.3. The Bertz CT molecular complexity index is 1160. The third-order valence-electron chi connectivity index (χ3n) is 4.12. The molecular formula is C20H17N3O5S. The lowest BCUT2D eigenvalue weighted by atomic mass is 10.1. The van der Waals surface area contributed by atoms with E-state index in [1.54, 1.807) is 49.4 Å². The van der Waals surface area contributed by atoms with E-state index >= 15 is 0 Å². The Morgan fingerprint density at radius 2 is 1.59 bits per heavy atom. The van der Waals surface area contributed by atoms with Gasteiger partial charge in [0, 0.05) is 28.6 Å². The molecule has 2 N–H and O–H groups in total. The number of carbonyl (C=O) groups is 1. The van der Waals surface area contributed by atoms with E-state index in [9.17, 15) is 23.3 Å². The van der Waals surface area contributed by atoms with Gasteiger partial charge in [-0.15, -0.1) is 0 Å². The van der Waals surface area contributed by atoms with Crippen molar-refractivity contribution < 1.29 is 18.1 Å². The maximum atomic E-state index is 12.4. The summed E-state index contributed by atoms with van der Waals surface area (Å²) in [4.78, 5) is 22.9. The molecule has 0 fully saturated rings. The molecule has 0 radical (unpaired) electrons. The summed E-state index contributed by atoms with van der Waals surface area (Å²) in [6.07, 6.45) is 0. The van der Waals surface area contributed by atoms with E-state index in [4.69, 9.17) is 0 Å². The highest BCUT2D eigenvalue weighted by Gasteiger charge is 2.16. The van der Waals surface area contributed by atoms with Gasteiger partial charge in [-0.25, -0.2) is 8.42 Å². The number of aryl methyl sites for hydroxylation is 1. The number of rotatable bonds is 6. The van der Waals surface area contributed by atoms with E-state index in [0.29, 0.717) is 11.3 Å². The molecule has 0 saturated heterocycles. The molecule has 148 valence electrons. The summed E-state index contributed by atoms with van der Waals surface area (Å²) in [6, 6.07) is 18.2. The van der Waals surface area contributed by atoms with Gasteiger partial charge >= 0.3 is 0 Å². The molecule has 29 heavy (non-hydrogen) atoms. The normalized spacial score (nSPS) is 10.9. The lowest BCUT2D eigenvalue weighted by Gasteiger charge is -2.09. The maximum absolute atomic E-state index is 12.4. The number of nitro groups is 1. The number of nitrogens with one attached hydrogen (secondary N) is 2. The summed E-state index contributed by atoms with van der Waals surface area (Å²) in [5.74, 6) is -0.511. The monoisotopic (exact) mass is 411 g/mol. The highest BCUT2D eigenvalue weighted by atomic mass is 32.2. The van der Waals surface area contributed by atoms with Gasteiger partial charge in [-0.1, -0.05) is 24.3 Å². The third-order valence-corrected chi connectivity index (χ3v) is 5.51. The van der Waals surface area contributed by atoms with Crippen LogP contribution in [0.5, 0.6) is 0 Å². The Balaban J connectivity index is 1.75. The molecule has 1 amide bonds. The zero-order valence-corrected chi connectivity index (χ0v) is 16.1. The molecule has 0 saturated carbocycles. The van der Waals surface area contributed by atoms with Crippen LogP contribution in [-0.4, -0.2) is 19.2 Å². The van der Waals surface area contributed by atoms with Gasteiger partial charge in [-0.05, 0) is 49.4 Å². The van der Waals surface area contributed by atoms with Crippen molar-refractivity contribution in [1.29, 1.82) is 0 Å². The number of hydrogen-bond acceptors (Lipinski definition) is 5. The third kappa shape index (κ3) is 4.77. The molecular weight excluding hydrogens is 394 g/mol. The van der Waals surface area contributed by atoms with Crippen LogP contribution in [0.4, 0.5) is 17.1 Å². The molecule has 3 rings (SSSR count). The van der Waals surface area contributed by atoms with Gasteiger partial charge in [0.2, 0.25) is 0 Å². The summed E-state index contributed by atoms with van der Waals surface area (Å²) in [5, 5.41) is 13.6. The molecule has 8 nitrogen and oxygen atoms in total. The first-order valence-electron chi connectivity index (χ1n) is 8.50. The summed E-state index contributed by atoms with van der Waals surface area (Å²) in [5.41, 5.74) is 1.29. The minimum absolute atomic E-state index is 0.00359. The van der Waals surface area contributed by atoms with Crippen molar-refractivity contribution in [2.45, 2.75) is 11.8 Å². The van der Waals surface area contributed by atoms with E-state index < -0.39 is 20.9 Å². The lowest BCUT2D eigenvalue weighted by molar-refractivity contribution is -0.385. The van der Waals surface area contributed by atoms with Crippen LogP contribution in [0.2, 0.25) is 0 Å². The topological polar surface area (TPSA) is 118 Å². The van der Waals surface area contributed by atoms with E-state index in [1.165, 1.54) is 30.3 Å². The molecule has 0 heterocycles. The van der Waals surface area contributed by atoms with Crippen LogP contribution in [-0.2, 0) is 10.0 Å². The Morgan fingerprint density at radius 3 is 2.21 bits per heavy atom. The second kappa shape index (κ2) is 8.11. The number of amides is 1. The molecule has 0 bridgehead atoms. The van der Waals surface area contributed by atoms with Gasteiger partial charge in [0.15, 0.2) is 0 Å². The summed E-state index contributed by atoms with van der Waals surface area (Å²) in [6.45, 7) is 1.60. The predicted octanol–water partition coefficient (Wildman–Crippen LogP) is 3.96. The fourth-order valence-corrected chi connectivity index (χ4v) is 3.65. The number of anilines is 2. The highest BCUT2D eigenvalue weighted by Crippen LogP contribution is 2.23. The van der Waals surface area contributed by atoms with E-state index in [0.717, 1.165) is 0 Å². The van der Waals surface area contributed by atoms with Crippen molar-refractivity contribution in [1.82, 2.24) is 0 Å². The van der Waals surface area contributed by atoms with Gasteiger partial charge in [0.25, 0.3) is 21.6 Å². The molecule has 9 heteroatoms. The van der Waals surface area contributed by atoms with Crippen molar-refractivity contribution in [3.05, 3.63) is 94.0 Å². The van der Waals surface area contributed by atoms with E-state index in [1.807, 2.05) is 0 Å². The van der Waals surface area contributed by atoms with Crippen LogP contribution >= 0.6 is 0 Å². The standard InChI is InChI=1S/C20H17N3O5S/c1-14-7-10-17(13-19(14)23(25)26)21-20(24)15-8-11-18(12-9-15)29(27,28)22-16-5-3-2-4-6-16/h2-13,22H,1H3,(H,21,24). The van der Waals surface area contributed by atoms with Gasteiger partial charge in [-0.2, -0.15) is 0 Å².